The molecule has 1 unspecified atom stereocenters. The second-order valence-electron chi connectivity index (χ2n) is 5.98. The van der Waals surface area contributed by atoms with Crippen LogP contribution in [0.25, 0.3) is 0 Å². The number of thioether (sulfide) groups is 1. The van der Waals surface area contributed by atoms with Crippen molar-refractivity contribution in [3.63, 3.8) is 0 Å². The predicted octanol–water partition coefficient (Wildman–Crippen LogP) is 1.78. The molecule has 20 heavy (non-hydrogen) atoms. The fourth-order valence-corrected chi connectivity index (χ4v) is 4.02. The molecule has 1 atom stereocenters. The number of aliphatic imine (C=N–C) groups is 1. The van der Waals surface area contributed by atoms with Crippen molar-refractivity contribution >= 4 is 17.7 Å². The molecule has 2 fully saturated rings. The molecule has 2 saturated heterocycles. The summed E-state index contributed by atoms with van der Waals surface area (Å²) in [5.74, 6) is 3.11. The van der Waals surface area contributed by atoms with Gasteiger partial charge in [-0.3, -0.25) is 4.99 Å². The molecular formula is C15H30N4S. The van der Waals surface area contributed by atoms with Crippen LogP contribution in [0.1, 0.15) is 32.6 Å². The van der Waals surface area contributed by atoms with E-state index in [-0.39, 0.29) is 0 Å². The molecule has 2 N–H and O–H groups in total. The summed E-state index contributed by atoms with van der Waals surface area (Å²) in [6.45, 7) is 7.56. The first-order chi connectivity index (χ1) is 9.78. The van der Waals surface area contributed by atoms with Crippen LogP contribution in [-0.2, 0) is 0 Å². The van der Waals surface area contributed by atoms with Gasteiger partial charge >= 0.3 is 0 Å². The maximum absolute atomic E-state index is 4.79. The number of hydrogen-bond acceptors (Lipinski definition) is 3. The summed E-state index contributed by atoms with van der Waals surface area (Å²) in [4.78, 5) is 7.21. The summed E-state index contributed by atoms with van der Waals surface area (Å²) in [6.07, 6.45) is 5.31. The minimum absolute atomic E-state index is 0.766. The minimum Gasteiger partial charge on any atom is -0.357 e. The summed E-state index contributed by atoms with van der Waals surface area (Å²) in [5, 5.41) is 7.67. The molecule has 0 radical (unpaired) electrons. The normalized spacial score (nSPS) is 25.9. The number of guanidine groups is 1. The summed E-state index contributed by atoms with van der Waals surface area (Å²) in [5.41, 5.74) is 0. The van der Waals surface area contributed by atoms with Gasteiger partial charge in [0.1, 0.15) is 0 Å². The second kappa shape index (κ2) is 8.78. The lowest BCUT2D eigenvalue weighted by molar-refractivity contribution is 0.223. The zero-order chi connectivity index (χ0) is 14.2. The first-order valence-corrected chi connectivity index (χ1v) is 9.15. The van der Waals surface area contributed by atoms with Gasteiger partial charge in [-0.05, 0) is 64.4 Å². The van der Waals surface area contributed by atoms with Crippen LogP contribution in [0.5, 0.6) is 0 Å². The molecular weight excluding hydrogens is 268 g/mol. The van der Waals surface area contributed by atoms with Crippen molar-refractivity contribution < 1.29 is 0 Å². The van der Waals surface area contributed by atoms with Crippen molar-refractivity contribution in [2.24, 2.45) is 10.9 Å². The second-order valence-corrected chi connectivity index (χ2v) is 7.39. The highest BCUT2D eigenvalue weighted by molar-refractivity contribution is 8.00. The lowest BCUT2D eigenvalue weighted by Gasteiger charge is -2.28. The first-order valence-electron chi connectivity index (χ1n) is 8.10. The molecule has 0 spiro atoms. The van der Waals surface area contributed by atoms with E-state index in [9.17, 15) is 0 Å². The number of hydrogen-bond donors (Lipinski definition) is 2. The quantitative estimate of drug-likeness (QED) is 0.599. The van der Waals surface area contributed by atoms with Gasteiger partial charge in [-0.1, -0.05) is 0 Å². The summed E-state index contributed by atoms with van der Waals surface area (Å²) in [6, 6.07) is 0. The van der Waals surface area contributed by atoms with Gasteiger partial charge in [0, 0.05) is 24.9 Å². The van der Waals surface area contributed by atoms with Crippen LogP contribution in [0.2, 0.25) is 0 Å². The van der Waals surface area contributed by atoms with Crippen LogP contribution in [-0.4, -0.2) is 61.6 Å². The molecule has 116 valence electrons. The van der Waals surface area contributed by atoms with E-state index < -0.39 is 0 Å². The fourth-order valence-electron chi connectivity index (χ4n) is 2.82. The van der Waals surface area contributed by atoms with Crippen molar-refractivity contribution in [3.8, 4) is 0 Å². The number of likely N-dealkylation sites (tertiary alicyclic amines) is 1. The summed E-state index contributed by atoms with van der Waals surface area (Å²) < 4.78 is 0. The number of nitrogens with one attached hydrogen (secondary N) is 2. The SMILES string of the molecule is CCNC(=NCC1CCN(C)CC1)NCC1CCCS1. The molecule has 0 amide bonds. The van der Waals surface area contributed by atoms with E-state index in [1.54, 1.807) is 0 Å². The third-order valence-electron chi connectivity index (χ3n) is 4.21. The average molecular weight is 298 g/mol. The van der Waals surface area contributed by atoms with E-state index in [1.807, 2.05) is 0 Å². The van der Waals surface area contributed by atoms with E-state index in [0.717, 1.165) is 36.8 Å². The monoisotopic (exact) mass is 298 g/mol. The molecule has 0 aromatic rings. The molecule has 5 heteroatoms. The Hall–Kier alpha value is -0.420. The van der Waals surface area contributed by atoms with E-state index in [1.165, 1.54) is 44.5 Å². The topological polar surface area (TPSA) is 39.7 Å². The van der Waals surface area contributed by atoms with Crippen molar-refractivity contribution in [1.82, 2.24) is 15.5 Å². The Morgan fingerprint density at radius 3 is 2.70 bits per heavy atom. The maximum Gasteiger partial charge on any atom is 0.191 e. The van der Waals surface area contributed by atoms with Gasteiger partial charge in [-0.25, -0.2) is 0 Å². The van der Waals surface area contributed by atoms with E-state index >= 15 is 0 Å². The van der Waals surface area contributed by atoms with Crippen LogP contribution in [0, 0.1) is 5.92 Å². The Bertz CT molecular complexity index is 294. The molecule has 2 heterocycles. The van der Waals surface area contributed by atoms with Crippen LogP contribution in [0.3, 0.4) is 0 Å². The average Bonchev–Trinajstić information content (AvgIpc) is 2.97. The standard InChI is InChI=1S/C15H30N4S/c1-3-16-15(18-12-14-5-4-10-20-14)17-11-13-6-8-19(2)9-7-13/h13-14H,3-12H2,1-2H3,(H2,16,17,18). The minimum atomic E-state index is 0.766. The van der Waals surface area contributed by atoms with Crippen LogP contribution >= 0.6 is 11.8 Å². The molecule has 0 bridgehead atoms. The largest absolute Gasteiger partial charge is 0.357 e. The van der Waals surface area contributed by atoms with Crippen molar-refractivity contribution in [3.05, 3.63) is 0 Å². The number of rotatable bonds is 5. The Balaban J connectivity index is 1.72. The molecule has 0 saturated carbocycles. The van der Waals surface area contributed by atoms with Crippen LogP contribution in [0.4, 0.5) is 0 Å². The maximum atomic E-state index is 4.79. The zero-order valence-electron chi connectivity index (χ0n) is 13.0. The van der Waals surface area contributed by atoms with Gasteiger partial charge in [0.2, 0.25) is 0 Å². The van der Waals surface area contributed by atoms with E-state index in [0.29, 0.717) is 0 Å². The van der Waals surface area contributed by atoms with Crippen molar-refractivity contribution in [1.29, 1.82) is 0 Å². The molecule has 0 aromatic carbocycles. The van der Waals surface area contributed by atoms with E-state index in [4.69, 9.17) is 4.99 Å². The third kappa shape index (κ3) is 5.52. The highest BCUT2D eigenvalue weighted by Gasteiger charge is 2.17. The van der Waals surface area contributed by atoms with Gasteiger partial charge in [-0.2, -0.15) is 11.8 Å². The highest BCUT2D eigenvalue weighted by Crippen LogP contribution is 2.25. The number of piperidine rings is 1. The summed E-state index contributed by atoms with van der Waals surface area (Å²) in [7, 11) is 2.21. The van der Waals surface area contributed by atoms with Crippen LogP contribution in [0.15, 0.2) is 4.99 Å². The van der Waals surface area contributed by atoms with Crippen molar-refractivity contribution in [2.75, 3.05) is 45.5 Å². The predicted molar refractivity (Wildman–Crippen MR) is 89.7 cm³/mol. The Kier molecular flexibility index (Phi) is 7.00. The lowest BCUT2D eigenvalue weighted by atomic mass is 9.97. The molecule has 0 aromatic heterocycles. The molecule has 2 rings (SSSR count). The van der Waals surface area contributed by atoms with E-state index in [2.05, 4.69) is 41.3 Å². The summed E-state index contributed by atoms with van der Waals surface area (Å²) >= 11 is 2.10. The van der Waals surface area contributed by atoms with Gasteiger partial charge in [0.25, 0.3) is 0 Å². The third-order valence-corrected chi connectivity index (χ3v) is 5.61. The molecule has 4 nitrogen and oxygen atoms in total. The van der Waals surface area contributed by atoms with Gasteiger partial charge < -0.3 is 15.5 Å². The van der Waals surface area contributed by atoms with Gasteiger partial charge in [0.05, 0.1) is 0 Å². The molecule has 2 aliphatic rings. The van der Waals surface area contributed by atoms with Gasteiger partial charge in [-0.15, -0.1) is 0 Å². The Morgan fingerprint density at radius 1 is 1.25 bits per heavy atom. The number of nitrogens with zero attached hydrogens (tertiary/aromatic N) is 2. The lowest BCUT2D eigenvalue weighted by Crippen LogP contribution is -2.40. The molecule has 0 aliphatic carbocycles. The first kappa shape index (κ1) is 16.0. The molecule has 2 aliphatic heterocycles. The smallest absolute Gasteiger partial charge is 0.191 e. The van der Waals surface area contributed by atoms with Crippen LogP contribution < -0.4 is 10.6 Å². The zero-order valence-corrected chi connectivity index (χ0v) is 13.8. The van der Waals surface area contributed by atoms with Crippen molar-refractivity contribution in [2.45, 2.75) is 37.9 Å². The highest BCUT2D eigenvalue weighted by atomic mass is 32.2. The Morgan fingerprint density at radius 2 is 2.05 bits per heavy atom. The Labute approximate surface area is 128 Å². The van der Waals surface area contributed by atoms with Gasteiger partial charge in [0.15, 0.2) is 5.96 Å². The fraction of sp³-hybridized carbons (Fsp3) is 0.933.